The third-order valence-electron chi connectivity index (χ3n) is 0. The SMILES string of the molecule is [Cl][Ge]([Cl])([Br])[I]. The van der Waals surface area contributed by atoms with Crippen LogP contribution in [0.25, 0.3) is 0 Å². The standard InChI is InChI=1S/BrCl2GeI/c1-4(2,3)5. The molecular weight excluding hydrogens is 350 g/mol. The van der Waals surface area contributed by atoms with E-state index in [1.165, 1.54) is 0 Å². The van der Waals surface area contributed by atoms with Gasteiger partial charge in [0.05, 0.1) is 0 Å². The summed E-state index contributed by atoms with van der Waals surface area (Å²) in [6.07, 6.45) is -2.27. The summed E-state index contributed by atoms with van der Waals surface area (Å²) < 4.78 is 0. The number of hydrogen-bond donors (Lipinski definition) is 0. The fourth-order valence-corrected chi connectivity index (χ4v) is 0. The molecule has 0 bridgehead atoms. The quantitative estimate of drug-likeness (QED) is 0.466. The summed E-state index contributed by atoms with van der Waals surface area (Å²) in [5.74, 6) is 0. The first kappa shape index (κ1) is 7.33. The zero-order valence-corrected chi connectivity index (χ0v) is 9.37. The van der Waals surface area contributed by atoms with Crippen LogP contribution in [0.4, 0.5) is 0 Å². The predicted octanol–water partition coefficient (Wildman–Crippen LogP) is 2.73. The first-order valence-corrected chi connectivity index (χ1v) is 17.6. The summed E-state index contributed by atoms with van der Waals surface area (Å²) in [5, 5.41) is 0. The van der Waals surface area contributed by atoms with Gasteiger partial charge in [-0.2, -0.15) is 0 Å². The molecule has 0 aliphatic rings. The van der Waals surface area contributed by atoms with Gasteiger partial charge < -0.3 is 0 Å². The molecule has 0 radical (unpaired) electrons. The molecule has 0 spiro atoms. The first-order valence-electron chi connectivity index (χ1n) is 0.756. The third kappa shape index (κ3) is 21.8. The average molecular weight is 350 g/mol. The van der Waals surface area contributed by atoms with Gasteiger partial charge in [0.2, 0.25) is 0 Å². The van der Waals surface area contributed by atoms with Crippen LogP contribution in [0.2, 0.25) is 0 Å². The summed E-state index contributed by atoms with van der Waals surface area (Å²) in [6, 6.07) is 0. The molecule has 0 unspecified atom stereocenters. The molecule has 0 aliphatic heterocycles. The van der Waals surface area contributed by atoms with Crippen LogP contribution in [0, 0.1) is 0 Å². The molecule has 32 valence electrons. The van der Waals surface area contributed by atoms with Crippen LogP contribution in [-0.2, 0) is 0 Å². The molecular formula is BrCl2GeI. The van der Waals surface area contributed by atoms with Gasteiger partial charge in [0.15, 0.2) is 0 Å². The maximum absolute atomic E-state index is 5.39. The molecule has 0 atom stereocenters. The van der Waals surface area contributed by atoms with Gasteiger partial charge in [-0.25, -0.2) is 0 Å². The van der Waals surface area contributed by atoms with Gasteiger partial charge in [0.25, 0.3) is 0 Å². The summed E-state index contributed by atoms with van der Waals surface area (Å²) in [6.45, 7) is 0. The Morgan fingerprint density at radius 1 is 1.60 bits per heavy atom. The molecule has 0 saturated heterocycles. The van der Waals surface area contributed by atoms with Gasteiger partial charge >= 0.3 is 60.5 Å². The third-order valence-corrected chi connectivity index (χ3v) is 0. The first-order chi connectivity index (χ1) is 2.00. The Bertz CT molecular complexity index is 25.1. The van der Waals surface area contributed by atoms with Crippen molar-refractivity contribution < 1.29 is 0 Å². The second-order valence-electron chi connectivity index (χ2n) is 0.429. The number of halogens is 4. The van der Waals surface area contributed by atoms with Crippen LogP contribution in [0.15, 0.2) is 0 Å². The second-order valence-corrected chi connectivity index (χ2v) is 42.8. The van der Waals surface area contributed by atoms with Crippen LogP contribution in [-0.4, -0.2) is 6.26 Å². The molecule has 0 N–H and O–H groups in total. The van der Waals surface area contributed by atoms with Crippen molar-refractivity contribution in [2.75, 3.05) is 0 Å². The van der Waals surface area contributed by atoms with Crippen molar-refractivity contribution in [3.63, 3.8) is 0 Å². The van der Waals surface area contributed by atoms with Crippen LogP contribution < -0.4 is 0 Å². The molecule has 0 aromatic carbocycles. The summed E-state index contributed by atoms with van der Waals surface area (Å²) in [7, 11) is 10.8. The van der Waals surface area contributed by atoms with E-state index < -0.39 is 6.26 Å². The Kier molecular flexibility index (Phi) is 3.80. The van der Waals surface area contributed by atoms with E-state index in [1.807, 2.05) is 20.2 Å². The molecule has 0 aliphatic carbocycles. The number of rotatable bonds is 0. The van der Waals surface area contributed by atoms with E-state index in [4.69, 9.17) is 20.0 Å². The topological polar surface area (TPSA) is 0 Å². The zero-order valence-electron chi connectivity index (χ0n) is 2.01. The molecule has 0 nitrogen and oxygen atoms in total. The minimum atomic E-state index is -2.27. The van der Waals surface area contributed by atoms with Crippen molar-refractivity contribution in [3.8, 4) is 0 Å². The van der Waals surface area contributed by atoms with Crippen molar-refractivity contribution in [3.05, 3.63) is 0 Å². The van der Waals surface area contributed by atoms with E-state index in [1.54, 1.807) is 0 Å². The van der Waals surface area contributed by atoms with Crippen LogP contribution in [0.5, 0.6) is 0 Å². The molecule has 0 amide bonds. The van der Waals surface area contributed by atoms with E-state index in [0.29, 0.717) is 0 Å². The normalized spacial score (nSPS) is 12.0. The minimum absolute atomic E-state index is 2.01. The Morgan fingerprint density at radius 2 is 1.60 bits per heavy atom. The van der Waals surface area contributed by atoms with E-state index >= 15 is 0 Å². The van der Waals surface area contributed by atoms with Gasteiger partial charge in [-0.3, -0.25) is 0 Å². The monoisotopic (exact) mass is 350 g/mol. The average Bonchev–Trinajstić information content (AvgIpc) is 0.722. The Labute approximate surface area is 59.6 Å². The second kappa shape index (κ2) is 2.59. The van der Waals surface area contributed by atoms with Crippen molar-refractivity contribution in [2.45, 2.75) is 0 Å². The molecule has 0 rings (SSSR count). The summed E-state index contributed by atoms with van der Waals surface area (Å²) >= 11 is 5.09. The van der Waals surface area contributed by atoms with Crippen molar-refractivity contribution in [1.82, 2.24) is 0 Å². The Balaban J connectivity index is 3.02. The fourth-order valence-electron chi connectivity index (χ4n) is 0. The van der Waals surface area contributed by atoms with E-state index in [2.05, 4.69) is 14.0 Å². The molecule has 0 saturated carbocycles. The van der Waals surface area contributed by atoms with Crippen molar-refractivity contribution >= 4 is 60.5 Å². The van der Waals surface area contributed by atoms with E-state index in [9.17, 15) is 0 Å². The molecule has 0 fully saturated rings. The van der Waals surface area contributed by atoms with Crippen LogP contribution in [0.1, 0.15) is 0 Å². The zero-order chi connectivity index (χ0) is 4.50. The number of hydrogen-bond acceptors (Lipinski definition) is 0. The van der Waals surface area contributed by atoms with Gasteiger partial charge in [0.1, 0.15) is 0 Å². The predicted molar refractivity (Wildman–Crippen MR) is 40.4 cm³/mol. The van der Waals surface area contributed by atoms with Gasteiger partial charge in [-0.05, 0) is 0 Å². The van der Waals surface area contributed by atoms with Gasteiger partial charge in [-0.15, -0.1) is 0 Å². The molecule has 0 heterocycles. The van der Waals surface area contributed by atoms with Gasteiger partial charge in [-0.1, -0.05) is 0 Å². The van der Waals surface area contributed by atoms with Gasteiger partial charge in [0, 0.05) is 0 Å². The Hall–Kier alpha value is 2.33. The van der Waals surface area contributed by atoms with Crippen LogP contribution >= 0.6 is 54.2 Å². The molecule has 0 aromatic heterocycles. The molecule has 5 heavy (non-hydrogen) atoms. The fraction of sp³-hybridized carbons (Fsp3) is 0. The van der Waals surface area contributed by atoms with Crippen molar-refractivity contribution in [2.24, 2.45) is 0 Å². The maximum atomic E-state index is 5.39. The Morgan fingerprint density at radius 3 is 1.60 bits per heavy atom. The van der Waals surface area contributed by atoms with E-state index in [-0.39, 0.29) is 0 Å². The summed E-state index contributed by atoms with van der Waals surface area (Å²) in [4.78, 5) is 0. The van der Waals surface area contributed by atoms with Crippen molar-refractivity contribution in [1.29, 1.82) is 0 Å². The van der Waals surface area contributed by atoms with Crippen LogP contribution in [0.3, 0.4) is 0 Å². The van der Waals surface area contributed by atoms with E-state index in [0.717, 1.165) is 0 Å². The molecule has 0 aromatic rings. The molecule has 5 heteroatoms. The summed E-state index contributed by atoms with van der Waals surface area (Å²) in [5.41, 5.74) is 0.